The van der Waals surface area contributed by atoms with Crippen molar-refractivity contribution in [2.24, 2.45) is 0 Å². The summed E-state index contributed by atoms with van der Waals surface area (Å²) in [5.41, 5.74) is 0.0784. The predicted molar refractivity (Wildman–Crippen MR) is 92.7 cm³/mol. The summed E-state index contributed by atoms with van der Waals surface area (Å²) in [5.74, 6) is -0.949. The van der Waals surface area contributed by atoms with Gasteiger partial charge in [0.2, 0.25) is 11.7 Å². The van der Waals surface area contributed by atoms with E-state index >= 15 is 0 Å². The second kappa shape index (κ2) is 10.1. The minimum atomic E-state index is -0.774. The van der Waals surface area contributed by atoms with E-state index in [4.69, 9.17) is 18.9 Å². The smallest absolute Gasteiger partial charge is 0.342 e. The third-order valence-electron chi connectivity index (χ3n) is 3.38. The van der Waals surface area contributed by atoms with E-state index in [2.05, 4.69) is 10.6 Å². The molecule has 0 saturated carbocycles. The highest BCUT2D eigenvalue weighted by Gasteiger charge is 2.23. The standard InChI is InChI=1S/C17H24N2O7/c1-6-18-16(21)10(2)19-13(20)9-26-17(22)11-7-8-12(23-3)15(25-5)14(11)24-4/h7-8,10H,6,9H2,1-5H3,(H,18,21)(H,19,20)/t10-/m0/s1. The van der Waals surface area contributed by atoms with Crippen molar-refractivity contribution in [2.75, 3.05) is 34.5 Å². The second-order valence-electron chi connectivity index (χ2n) is 5.14. The lowest BCUT2D eigenvalue weighted by Crippen LogP contribution is -2.46. The number of hydrogen-bond acceptors (Lipinski definition) is 7. The molecule has 0 aliphatic rings. The highest BCUT2D eigenvalue weighted by atomic mass is 16.5. The summed E-state index contributed by atoms with van der Waals surface area (Å²) in [5, 5.41) is 5.01. The van der Waals surface area contributed by atoms with Gasteiger partial charge in [0.25, 0.3) is 5.91 Å². The number of amides is 2. The number of likely N-dealkylation sites (N-methyl/N-ethyl adjacent to an activating group) is 1. The highest BCUT2D eigenvalue weighted by molar-refractivity contribution is 5.96. The molecular formula is C17H24N2O7. The summed E-state index contributed by atoms with van der Waals surface area (Å²) in [4.78, 5) is 35.7. The summed E-state index contributed by atoms with van der Waals surface area (Å²) in [6.45, 7) is 3.21. The van der Waals surface area contributed by atoms with Gasteiger partial charge < -0.3 is 29.6 Å². The number of carbonyl (C=O) groups excluding carboxylic acids is 3. The molecule has 2 amide bonds. The van der Waals surface area contributed by atoms with Gasteiger partial charge in [-0.3, -0.25) is 9.59 Å². The number of esters is 1. The van der Waals surface area contributed by atoms with Crippen LogP contribution in [0.15, 0.2) is 12.1 Å². The van der Waals surface area contributed by atoms with Crippen LogP contribution < -0.4 is 24.8 Å². The molecule has 0 radical (unpaired) electrons. The molecule has 26 heavy (non-hydrogen) atoms. The lowest BCUT2D eigenvalue weighted by molar-refractivity contribution is -0.130. The molecule has 0 aromatic heterocycles. The number of methoxy groups -OCH3 is 3. The monoisotopic (exact) mass is 368 g/mol. The van der Waals surface area contributed by atoms with Crippen molar-refractivity contribution in [3.05, 3.63) is 17.7 Å². The fourth-order valence-corrected chi connectivity index (χ4v) is 2.15. The zero-order valence-electron chi connectivity index (χ0n) is 15.5. The molecule has 0 aliphatic carbocycles. The largest absolute Gasteiger partial charge is 0.493 e. The van der Waals surface area contributed by atoms with Crippen LogP contribution in [0.25, 0.3) is 0 Å². The molecule has 1 atom stereocenters. The lowest BCUT2D eigenvalue weighted by Gasteiger charge is -2.16. The van der Waals surface area contributed by atoms with Gasteiger partial charge in [0, 0.05) is 6.54 Å². The van der Waals surface area contributed by atoms with Crippen molar-refractivity contribution in [3.63, 3.8) is 0 Å². The topological polar surface area (TPSA) is 112 Å². The average Bonchev–Trinajstić information content (AvgIpc) is 2.64. The van der Waals surface area contributed by atoms with E-state index in [0.29, 0.717) is 12.3 Å². The Morgan fingerprint density at radius 3 is 2.23 bits per heavy atom. The van der Waals surface area contributed by atoms with E-state index in [1.165, 1.54) is 40.4 Å². The van der Waals surface area contributed by atoms with Crippen LogP contribution in [0, 0.1) is 0 Å². The summed E-state index contributed by atoms with van der Waals surface area (Å²) < 4.78 is 20.5. The molecule has 0 fully saturated rings. The zero-order valence-corrected chi connectivity index (χ0v) is 15.5. The molecule has 144 valence electrons. The van der Waals surface area contributed by atoms with Crippen LogP contribution in [-0.4, -0.2) is 58.3 Å². The Bertz CT molecular complexity index is 661. The maximum Gasteiger partial charge on any atom is 0.342 e. The fraction of sp³-hybridized carbons (Fsp3) is 0.471. The first-order valence-corrected chi connectivity index (χ1v) is 7.92. The fourth-order valence-electron chi connectivity index (χ4n) is 2.15. The van der Waals surface area contributed by atoms with Crippen LogP contribution in [0.2, 0.25) is 0 Å². The van der Waals surface area contributed by atoms with Gasteiger partial charge >= 0.3 is 5.97 Å². The van der Waals surface area contributed by atoms with E-state index in [1.54, 1.807) is 6.92 Å². The third-order valence-corrected chi connectivity index (χ3v) is 3.38. The molecule has 1 rings (SSSR count). The lowest BCUT2D eigenvalue weighted by atomic mass is 10.1. The normalized spacial score (nSPS) is 11.1. The summed E-state index contributed by atoms with van der Waals surface area (Å²) in [6, 6.07) is 2.23. The van der Waals surface area contributed by atoms with Gasteiger partial charge in [-0.15, -0.1) is 0 Å². The molecule has 0 saturated heterocycles. The van der Waals surface area contributed by atoms with Gasteiger partial charge in [-0.25, -0.2) is 4.79 Å². The van der Waals surface area contributed by atoms with Crippen LogP contribution in [0.3, 0.4) is 0 Å². The van der Waals surface area contributed by atoms with E-state index < -0.39 is 24.5 Å². The minimum Gasteiger partial charge on any atom is -0.493 e. The van der Waals surface area contributed by atoms with E-state index in [0.717, 1.165) is 0 Å². The molecule has 1 aromatic carbocycles. The maximum atomic E-state index is 12.3. The molecule has 9 nitrogen and oxygen atoms in total. The number of carbonyl (C=O) groups is 3. The molecule has 0 bridgehead atoms. The van der Waals surface area contributed by atoms with Crippen molar-refractivity contribution < 1.29 is 33.3 Å². The van der Waals surface area contributed by atoms with Crippen molar-refractivity contribution in [2.45, 2.75) is 19.9 Å². The Labute approximate surface area is 151 Å². The van der Waals surface area contributed by atoms with Crippen LogP contribution in [0.1, 0.15) is 24.2 Å². The SMILES string of the molecule is CCNC(=O)[C@H](C)NC(=O)COC(=O)c1ccc(OC)c(OC)c1OC. The first-order chi connectivity index (χ1) is 12.4. The highest BCUT2D eigenvalue weighted by Crippen LogP contribution is 2.39. The number of benzene rings is 1. The first-order valence-electron chi connectivity index (χ1n) is 7.92. The Morgan fingerprint density at radius 1 is 1.04 bits per heavy atom. The van der Waals surface area contributed by atoms with Gasteiger partial charge in [-0.05, 0) is 26.0 Å². The predicted octanol–water partition coefficient (Wildman–Crippen LogP) is 0.510. The minimum absolute atomic E-state index is 0.0784. The average molecular weight is 368 g/mol. The quantitative estimate of drug-likeness (QED) is 0.611. The third kappa shape index (κ3) is 5.27. The van der Waals surface area contributed by atoms with E-state index in [1.807, 2.05) is 0 Å². The molecule has 9 heteroatoms. The van der Waals surface area contributed by atoms with Crippen LogP contribution in [-0.2, 0) is 14.3 Å². The van der Waals surface area contributed by atoms with Gasteiger partial charge in [-0.1, -0.05) is 0 Å². The van der Waals surface area contributed by atoms with E-state index in [-0.39, 0.29) is 23.0 Å². The number of rotatable bonds is 9. The number of hydrogen-bond donors (Lipinski definition) is 2. The zero-order chi connectivity index (χ0) is 19.7. The van der Waals surface area contributed by atoms with Gasteiger partial charge in [0.1, 0.15) is 11.6 Å². The Kier molecular flexibility index (Phi) is 8.20. The number of nitrogens with one attached hydrogen (secondary N) is 2. The summed E-state index contributed by atoms with van der Waals surface area (Å²) in [7, 11) is 4.23. The Hall–Kier alpha value is -2.97. The molecular weight excluding hydrogens is 344 g/mol. The Morgan fingerprint density at radius 2 is 1.69 bits per heavy atom. The van der Waals surface area contributed by atoms with Gasteiger partial charge in [-0.2, -0.15) is 0 Å². The molecule has 0 spiro atoms. The maximum absolute atomic E-state index is 12.3. The van der Waals surface area contributed by atoms with Crippen molar-refractivity contribution in [1.29, 1.82) is 0 Å². The van der Waals surface area contributed by atoms with Gasteiger partial charge in [0.05, 0.1) is 21.3 Å². The molecule has 0 heterocycles. The Balaban J connectivity index is 2.77. The molecule has 0 unspecified atom stereocenters. The van der Waals surface area contributed by atoms with Crippen LogP contribution >= 0.6 is 0 Å². The first kappa shape index (κ1) is 21.1. The second-order valence-corrected chi connectivity index (χ2v) is 5.14. The summed E-state index contributed by atoms with van der Waals surface area (Å²) >= 11 is 0. The molecule has 2 N–H and O–H groups in total. The molecule has 0 aliphatic heterocycles. The molecule has 1 aromatic rings. The van der Waals surface area contributed by atoms with Gasteiger partial charge in [0.15, 0.2) is 18.1 Å². The van der Waals surface area contributed by atoms with Crippen LogP contribution in [0.5, 0.6) is 17.2 Å². The number of ether oxygens (including phenoxy) is 4. The van der Waals surface area contributed by atoms with Crippen molar-refractivity contribution in [1.82, 2.24) is 10.6 Å². The van der Waals surface area contributed by atoms with Crippen molar-refractivity contribution in [3.8, 4) is 17.2 Å². The van der Waals surface area contributed by atoms with Crippen molar-refractivity contribution >= 4 is 17.8 Å². The summed E-state index contributed by atoms with van der Waals surface area (Å²) in [6.07, 6.45) is 0. The van der Waals surface area contributed by atoms with Crippen LogP contribution in [0.4, 0.5) is 0 Å². The van der Waals surface area contributed by atoms with E-state index in [9.17, 15) is 14.4 Å².